The van der Waals surface area contributed by atoms with Gasteiger partial charge in [-0.25, -0.2) is 4.99 Å². The average molecular weight is 700 g/mol. The Kier molecular flexibility index (Phi) is 11.7. The summed E-state index contributed by atoms with van der Waals surface area (Å²) in [6.07, 6.45) is 0.433. The monoisotopic (exact) mass is 699 g/mol. The number of halogens is 1. The third-order valence-electron chi connectivity index (χ3n) is 8.87. The van der Waals surface area contributed by atoms with Crippen LogP contribution in [0.3, 0.4) is 0 Å². The topological polar surface area (TPSA) is 129 Å². The van der Waals surface area contributed by atoms with Crippen LogP contribution in [-0.2, 0) is 28.9 Å². The minimum atomic E-state index is -1.44. The van der Waals surface area contributed by atoms with Crippen LogP contribution in [0.15, 0.2) is 138 Å². The molecule has 1 heterocycles. The molecular weight excluding hydrogens is 662 g/mol. The van der Waals surface area contributed by atoms with Crippen LogP contribution in [-0.4, -0.2) is 42.2 Å². The normalized spacial score (nSPS) is 16.4. The zero-order valence-electron chi connectivity index (χ0n) is 28.0. The van der Waals surface area contributed by atoms with Gasteiger partial charge in [-0.05, 0) is 75.7 Å². The third kappa shape index (κ3) is 8.41. The Balaban J connectivity index is 1.42. The first kappa shape index (κ1) is 35.2. The predicted molar refractivity (Wildman–Crippen MR) is 200 cm³/mol. The van der Waals surface area contributed by atoms with Crippen molar-refractivity contribution in [2.45, 2.75) is 37.5 Å². The fraction of sp³-hybridized carbons (Fsp3) is 0.220. The largest absolute Gasteiger partial charge is 0.494 e. The standard InChI is InChI=1S/C41H38ClN5O4/c42-37-14-7-6-11-31(37)23-24-44-40(49)41(27-34-12-4-5-13-35(34)28-45-47-43)38(32-17-15-30(16-18-32)29-9-2-1-3-10-29)51-39(46-41)33-19-21-36(22-20-33)50-26-8-25-48/h1-7,9-22,38,48H,8,23-28H2,(H,44,49)/t38-,41-/m1/s1. The Morgan fingerprint density at radius 2 is 1.51 bits per heavy atom. The number of carbonyl (C=O) groups excluding carboxylic acids is 1. The molecule has 5 aromatic rings. The zero-order valence-corrected chi connectivity index (χ0v) is 28.7. The molecule has 258 valence electrons. The Morgan fingerprint density at radius 3 is 2.22 bits per heavy atom. The number of aliphatic hydroxyl groups excluding tert-OH is 1. The maximum Gasteiger partial charge on any atom is 0.252 e. The number of hydrogen-bond donors (Lipinski definition) is 2. The molecule has 2 atom stereocenters. The van der Waals surface area contributed by atoms with E-state index in [9.17, 15) is 4.79 Å². The number of amides is 1. The second-order valence-corrected chi connectivity index (χ2v) is 12.6. The number of benzene rings is 5. The minimum Gasteiger partial charge on any atom is -0.494 e. The van der Waals surface area contributed by atoms with Crippen molar-refractivity contribution in [3.8, 4) is 16.9 Å². The van der Waals surface area contributed by atoms with Crippen molar-refractivity contribution >= 4 is 23.4 Å². The van der Waals surface area contributed by atoms with Crippen LogP contribution in [0.4, 0.5) is 0 Å². The molecule has 0 radical (unpaired) electrons. The maximum atomic E-state index is 14.8. The molecule has 9 nitrogen and oxygen atoms in total. The maximum absolute atomic E-state index is 14.8. The lowest BCUT2D eigenvalue weighted by Gasteiger charge is -2.31. The summed E-state index contributed by atoms with van der Waals surface area (Å²) in [6.45, 7) is 0.892. The van der Waals surface area contributed by atoms with Gasteiger partial charge in [0, 0.05) is 41.5 Å². The highest BCUT2D eigenvalue weighted by Crippen LogP contribution is 2.43. The third-order valence-corrected chi connectivity index (χ3v) is 9.24. The molecule has 0 fully saturated rings. The molecule has 0 aromatic heterocycles. The Morgan fingerprint density at radius 1 is 0.863 bits per heavy atom. The van der Waals surface area contributed by atoms with Gasteiger partial charge in [0.25, 0.3) is 5.91 Å². The summed E-state index contributed by atoms with van der Waals surface area (Å²) in [5.74, 6) is 0.668. The van der Waals surface area contributed by atoms with Gasteiger partial charge in [0.15, 0.2) is 11.6 Å². The van der Waals surface area contributed by atoms with Crippen LogP contribution in [0.2, 0.25) is 5.02 Å². The van der Waals surface area contributed by atoms with Crippen molar-refractivity contribution in [2.75, 3.05) is 19.8 Å². The number of azide groups is 1. The van der Waals surface area contributed by atoms with Gasteiger partial charge in [-0.1, -0.05) is 114 Å². The van der Waals surface area contributed by atoms with Crippen molar-refractivity contribution in [3.63, 3.8) is 0 Å². The molecule has 10 heteroatoms. The summed E-state index contributed by atoms with van der Waals surface area (Å²) in [7, 11) is 0. The summed E-state index contributed by atoms with van der Waals surface area (Å²) >= 11 is 6.45. The van der Waals surface area contributed by atoms with Crippen LogP contribution >= 0.6 is 11.6 Å². The lowest BCUT2D eigenvalue weighted by Crippen LogP contribution is -2.50. The highest BCUT2D eigenvalue weighted by molar-refractivity contribution is 6.31. The van der Waals surface area contributed by atoms with Gasteiger partial charge < -0.3 is 19.9 Å². The van der Waals surface area contributed by atoms with Gasteiger partial charge in [0.2, 0.25) is 5.90 Å². The molecule has 0 aliphatic carbocycles. The van der Waals surface area contributed by atoms with E-state index in [1.807, 2.05) is 115 Å². The smallest absolute Gasteiger partial charge is 0.252 e. The van der Waals surface area contributed by atoms with Gasteiger partial charge in [-0.15, -0.1) is 0 Å². The first-order valence-corrected chi connectivity index (χ1v) is 17.2. The molecule has 1 aliphatic heterocycles. The van der Waals surface area contributed by atoms with E-state index in [2.05, 4.69) is 27.5 Å². The Hall–Kier alpha value is -5.60. The molecule has 0 saturated carbocycles. The zero-order chi connectivity index (χ0) is 35.5. The van der Waals surface area contributed by atoms with Crippen LogP contribution in [0.5, 0.6) is 5.75 Å². The molecule has 0 unspecified atom stereocenters. The van der Waals surface area contributed by atoms with Crippen molar-refractivity contribution in [2.24, 2.45) is 10.1 Å². The van der Waals surface area contributed by atoms with E-state index in [0.29, 0.717) is 48.2 Å². The van der Waals surface area contributed by atoms with Gasteiger partial charge in [-0.2, -0.15) is 0 Å². The highest BCUT2D eigenvalue weighted by atomic mass is 35.5. The molecule has 5 aromatic carbocycles. The van der Waals surface area contributed by atoms with E-state index >= 15 is 0 Å². The molecule has 0 saturated heterocycles. The van der Waals surface area contributed by atoms with Gasteiger partial charge in [-0.3, -0.25) is 4.79 Å². The Bertz CT molecular complexity index is 2010. The first-order valence-electron chi connectivity index (χ1n) is 16.9. The quantitative estimate of drug-likeness (QED) is 0.0492. The van der Waals surface area contributed by atoms with E-state index in [1.54, 1.807) is 0 Å². The highest BCUT2D eigenvalue weighted by Gasteiger charge is 2.53. The number of rotatable bonds is 15. The van der Waals surface area contributed by atoms with Crippen LogP contribution < -0.4 is 10.1 Å². The Labute approximate surface area is 302 Å². The molecule has 0 bridgehead atoms. The molecule has 6 rings (SSSR count). The minimum absolute atomic E-state index is 0.0466. The number of ether oxygens (including phenoxy) is 2. The van der Waals surface area contributed by atoms with E-state index in [-0.39, 0.29) is 25.5 Å². The van der Waals surface area contributed by atoms with Crippen LogP contribution in [0.25, 0.3) is 21.6 Å². The molecular formula is C41H38ClN5O4. The summed E-state index contributed by atoms with van der Waals surface area (Å²) in [4.78, 5) is 22.9. The molecule has 2 N–H and O–H groups in total. The molecule has 0 spiro atoms. The van der Waals surface area contributed by atoms with Crippen LogP contribution in [0.1, 0.15) is 40.3 Å². The second kappa shape index (κ2) is 16.9. The first-order chi connectivity index (χ1) is 25.0. The second-order valence-electron chi connectivity index (χ2n) is 12.2. The van der Waals surface area contributed by atoms with Crippen molar-refractivity contribution in [1.29, 1.82) is 0 Å². The van der Waals surface area contributed by atoms with Gasteiger partial charge in [0.1, 0.15) is 5.75 Å². The number of aliphatic imine (C=N–C) groups is 1. The number of aliphatic hydroxyl groups is 1. The van der Waals surface area contributed by atoms with Crippen molar-refractivity contribution < 1.29 is 19.4 Å². The lowest BCUT2D eigenvalue weighted by molar-refractivity contribution is -0.128. The molecule has 1 amide bonds. The fourth-order valence-electron chi connectivity index (χ4n) is 6.21. The average Bonchev–Trinajstić information content (AvgIpc) is 3.56. The van der Waals surface area contributed by atoms with Gasteiger partial charge >= 0.3 is 0 Å². The number of nitrogens with zero attached hydrogens (tertiary/aromatic N) is 4. The fourth-order valence-corrected chi connectivity index (χ4v) is 6.44. The number of nitrogens with one attached hydrogen (secondary N) is 1. The molecule has 51 heavy (non-hydrogen) atoms. The summed E-state index contributed by atoms with van der Waals surface area (Å²) in [5, 5.41) is 16.8. The van der Waals surface area contributed by atoms with Crippen molar-refractivity contribution in [3.05, 3.63) is 171 Å². The van der Waals surface area contributed by atoms with Crippen molar-refractivity contribution in [1.82, 2.24) is 5.32 Å². The van der Waals surface area contributed by atoms with Crippen LogP contribution in [0, 0.1) is 0 Å². The van der Waals surface area contributed by atoms with Gasteiger partial charge in [0.05, 0.1) is 13.2 Å². The molecule has 1 aliphatic rings. The van der Waals surface area contributed by atoms with E-state index in [4.69, 9.17) is 36.7 Å². The summed E-state index contributed by atoms with van der Waals surface area (Å²) in [5.41, 5.74) is 13.8. The SMILES string of the molecule is [N-]=[N+]=NCc1ccccc1C[C@@]1(C(=O)NCCc2ccccc2Cl)N=C(c2ccc(OCCCO)cc2)O[C@@H]1c1ccc(-c2ccccc2)cc1. The number of carbonyl (C=O) groups is 1. The lowest BCUT2D eigenvalue weighted by atomic mass is 9.80. The summed E-state index contributed by atoms with van der Waals surface area (Å²) < 4.78 is 12.5. The van der Waals surface area contributed by atoms with E-state index < -0.39 is 11.6 Å². The van der Waals surface area contributed by atoms with E-state index in [1.165, 1.54) is 0 Å². The number of hydrogen-bond acceptors (Lipinski definition) is 6. The van der Waals surface area contributed by atoms with E-state index in [0.717, 1.165) is 33.4 Å². The summed E-state index contributed by atoms with van der Waals surface area (Å²) in [6, 6.07) is 40.6. The predicted octanol–water partition coefficient (Wildman–Crippen LogP) is 8.44.